The molecule has 3 rings (SSSR count). The summed E-state index contributed by atoms with van der Waals surface area (Å²) in [5.74, 6) is 0.830. The first-order valence-corrected chi connectivity index (χ1v) is 7.14. The molecule has 112 valence electrons. The maximum atomic E-state index is 11.0. The Balaban J connectivity index is 1.66. The lowest BCUT2D eigenvalue weighted by atomic mass is 10.0. The van der Waals surface area contributed by atoms with Gasteiger partial charge in [-0.1, -0.05) is 0 Å². The quantitative estimate of drug-likeness (QED) is 0.615. The van der Waals surface area contributed by atoms with Crippen molar-refractivity contribution in [1.29, 1.82) is 0 Å². The Labute approximate surface area is 121 Å². The van der Waals surface area contributed by atoms with E-state index < -0.39 is 9.85 Å². The summed E-state index contributed by atoms with van der Waals surface area (Å²) in [6, 6.07) is 3.82. The molecule has 0 heterocycles. The van der Waals surface area contributed by atoms with E-state index in [0.717, 1.165) is 18.5 Å². The number of nitrogens with one attached hydrogen (secondary N) is 1. The minimum absolute atomic E-state index is 0.187. The average Bonchev–Trinajstić information content (AvgIpc) is 3.31. The largest absolute Gasteiger partial charge is 0.312 e. The highest BCUT2D eigenvalue weighted by Gasteiger charge is 2.53. The fraction of sp³-hybridized carbons (Fsp3) is 0.571. The highest BCUT2D eigenvalue weighted by Crippen LogP contribution is 2.60. The highest BCUT2D eigenvalue weighted by atomic mass is 16.6. The molecule has 0 amide bonds. The van der Waals surface area contributed by atoms with E-state index in [0.29, 0.717) is 17.5 Å². The summed E-state index contributed by atoms with van der Waals surface area (Å²) in [6.07, 6.45) is 5.10. The van der Waals surface area contributed by atoms with E-state index in [-0.39, 0.29) is 11.4 Å². The highest BCUT2D eigenvalue weighted by molar-refractivity contribution is 5.49. The summed E-state index contributed by atoms with van der Waals surface area (Å²) in [4.78, 5) is 20.6. The first-order chi connectivity index (χ1) is 10.0. The molecular weight excluding hydrogens is 274 g/mol. The molecule has 0 radical (unpaired) electrons. The van der Waals surface area contributed by atoms with Crippen LogP contribution in [0.4, 0.5) is 11.4 Å². The van der Waals surface area contributed by atoms with E-state index in [1.165, 1.54) is 37.8 Å². The predicted molar refractivity (Wildman–Crippen MR) is 75.8 cm³/mol. The molecule has 2 saturated carbocycles. The molecule has 2 aliphatic rings. The number of non-ortho nitro benzene ring substituents is 1. The molecule has 1 N–H and O–H groups in total. The van der Waals surface area contributed by atoms with Gasteiger partial charge in [-0.05, 0) is 43.1 Å². The Bertz CT molecular complexity index is 594. The van der Waals surface area contributed by atoms with Crippen molar-refractivity contribution in [1.82, 2.24) is 5.32 Å². The van der Waals surface area contributed by atoms with Crippen LogP contribution >= 0.6 is 0 Å². The van der Waals surface area contributed by atoms with Gasteiger partial charge in [0.05, 0.1) is 15.9 Å². The predicted octanol–water partition coefficient (Wildman–Crippen LogP) is 2.78. The van der Waals surface area contributed by atoms with Gasteiger partial charge in [-0.3, -0.25) is 20.2 Å². The second-order valence-electron chi connectivity index (χ2n) is 6.07. The summed E-state index contributed by atoms with van der Waals surface area (Å²) >= 11 is 0. The van der Waals surface area contributed by atoms with Crippen molar-refractivity contribution < 1.29 is 9.85 Å². The fourth-order valence-corrected chi connectivity index (χ4v) is 3.02. The van der Waals surface area contributed by atoms with Crippen LogP contribution < -0.4 is 5.32 Å². The van der Waals surface area contributed by atoms with Gasteiger partial charge < -0.3 is 5.32 Å². The lowest BCUT2D eigenvalue weighted by Crippen LogP contribution is -2.25. The molecule has 0 aliphatic heterocycles. The SMILES string of the molecule is O=[N+]([O-])c1ccc(CNCC2(C3CC3)CC2)c([N+](=O)[O-])c1. The van der Waals surface area contributed by atoms with Gasteiger partial charge in [-0.2, -0.15) is 0 Å². The Morgan fingerprint density at radius 1 is 1.19 bits per heavy atom. The van der Waals surface area contributed by atoms with Gasteiger partial charge in [0.25, 0.3) is 11.4 Å². The molecule has 0 bridgehead atoms. The standard InChI is InChI=1S/C14H17N3O4/c18-16(19)12-4-1-10(13(7-12)17(20)21)8-15-9-14(5-6-14)11-2-3-11/h1,4,7,11,15H,2-3,5-6,8-9H2. The van der Waals surface area contributed by atoms with Gasteiger partial charge in [0.15, 0.2) is 0 Å². The Morgan fingerprint density at radius 3 is 2.43 bits per heavy atom. The maximum absolute atomic E-state index is 11.0. The van der Waals surface area contributed by atoms with E-state index in [1.807, 2.05) is 0 Å². The summed E-state index contributed by atoms with van der Waals surface area (Å²) in [5, 5.41) is 25.0. The molecule has 21 heavy (non-hydrogen) atoms. The second-order valence-corrected chi connectivity index (χ2v) is 6.07. The van der Waals surface area contributed by atoms with Crippen LogP contribution in [0.3, 0.4) is 0 Å². The molecular formula is C14H17N3O4. The normalized spacial score (nSPS) is 19.2. The van der Waals surface area contributed by atoms with Crippen molar-refractivity contribution in [2.24, 2.45) is 11.3 Å². The summed E-state index contributed by atoms with van der Waals surface area (Å²) in [5.41, 5.74) is 0.488. The summed E-state index contributed by atoms with van der Waals surface area (Å²) in [7, 11) is 0. The van der Waals surface area contributed by atoms with E-state index in [4.69, 9.17) is 0 Å². The molecule has 2 fully saturated rings. The molecule has 0 atom stereocenters. The lowest BCUT2D eigenvalue weighted by Gasteiger charge is -2.14. The number of nitro groups is 2. The van der Waals surface area contributed by atoms with Crippen molar-refractivity contribution in [3.63, 3.8) is 0 Å². The minimum atomic E-state index is -0.615. The number of benzene rings is 1. The third kappa shape index (κ3) is 2.87. The Kier molecular flexibility index (Phi) is 3.36. The van der Waals surface area contributed by atoms with Crippen molar-refractivity contribution in [2.75, 3.05) is 6.54 Å². The van der Waals surface area contributed by atoms with Crippen LogP contribution in [0.5, 0.6) is 0 Å². The molecule has 2 aliphatic carbocycles. The zero-order valence-corrected chi connectivity index (χ0v) is 11.6. The second kappa shape index (κ2) is 5.07. The molecule has 0 spiro atoms. The van der Waals surface area contributed by atoms with Gasteiger partial charge >= 0.3 is 0 Å². The zero-order chi connectivity index (χ0) is 15.0. The van der Waals surface area contributed by atoms with Crippen LogP contribution in [0.15, 0.2) is 18.2 Å². The lowest BCUT2D eigenvalue weighted by molar-refractivity contribution is -0.394. The Morgan fingerprint density at radius 2 is 1.90 bits per heavy atom. The van der Waals surface area contributed by atoms with Gasteiger partial charge in [-0.25, -0.2) is 0 Å². The van der Waals surface area contributed by atoms with E-state index in [1.54, 1.807) is 0 Å². The van der Waals surface area contributed by atoms with Crippen molar-refractivity contribution in [3.05, 3.63) is 44.0 Å². The van der Waals surface area contributed by atoms with E-state index >= 15 is 0 Å². The van der Waals surface area contributed by atoms with Crippen LogP contribution in [0.25, 0.3) is 0 Å². The number of rotatable bonds is 7. The zero-order valence-electron chi connectivity index (χ0n) is 11.6. The van der Waals surface area contributed by atoms with E-state index in [9.17, 15) is 20.2 Å². The Hall–Kier alpha value is -2.02. The molecule has 0 unspecified atom stereocenters. The van der Waals surface area contributed by atoms with Gasteiger partial charge in [0.2, 0.25) is 0 Å². The van der Waals surface area contributed by atoms with Crippen LogP contribution in [0, 0.1) is 31.6 Å². The van der Waals surface area contributed by atoms with Gasteiger partial charge in [0, 0.05) is 24.7 Å². The molecule has 7 nitrogen and oxygen atoms in total. The monoisotopic (exact) mass is 291 g/mol. The molecule has 1 aromatic rings. The third-order valence-electron chi connectivity index (χ3n) is 4.60. The smallest absolute Gasteiger partial charge is 0.280 e. The van der Waals surface area contributed by atoms with E-state index in [2.05, 4.69) is 5.32 Å². The maximum Gasteiger partial charge on any atom is 0.280 e. The number of hydrogen-bond acceptors (Lipinski definition) is 5. The number of hydrogen-bond donors (Lipinski definition) is 1. The molecule has 0 saturated heterocycles. The molecule has 1 aromatic carbocycles. The summed E-state index contributed by atoms with van der Waals surface area (Å²) < 4.78 is 0. The summed E-state index contributed by atoms with van der Waals surface area (Å²) in [6.45, 7) is 1.26. The number of nitrogens with zero attached hydrogens (tertiary/aromatic N) is 2. The molecule has 7 heteroatoms. The van der Waals surface area contributed by atoms with Crippen LogP contribution in [0.2, 0.25) is 0 Å². The minimum Gasteiger partial charge on any atom is -0.312 e. The van der Waals surface area contributed by atoms with Gasteiger partial charge in [-0.15, -0.1) is 0 Å². The van der Waals surface area contributed by atoms with Crippen molar-refractivity contribution in [3.8, 4) is 0 Å². The van der Waals surface area contributed by atoms with Crippen molar-refractivity contribution >= 4 is 11.4 Å². The average molecular weight is 291 g/mol. The van der Waals surface area contributed by atoms with Crippen LogP contribution in [0.1, 0.15) is 31.2 Å². The topological polar surface area (TPSA) is 98.3 Å². The molecule has 0 aromatic heterocycles. The van der Waals surface area contributed by atoms with Crippen molar-refractivity contribution in [2.45, 2.75) is 32.2 Å². The first kappa shape index (κ1) is 13.9. The first-order valence-electron chi connectivity index (χ1n) is 7.14. The number of nitro benzene ring substituents is 2. The fourth-order valence-electron chi connectivity index (χ4n) is 3.02. The van der Waals surface area contributed by atoms with Crippen LogP contribution in [-0.4, -0.2) is 16.4 Å². The van der Waals surface area contributed by atoms with Gasteiger partial charge in [0.1, 0.15) is 0 Å². The third-order valence-corrected chi connectivity index (χ3v) is 4.60. The van der Waals surface area contributed by atoms with Crippen LogP contribution in [-0.2, 0) is 6.54 Å².